The van der Waals surface area contributed by atoms with Crippen LogP contribution in [0.1, 0.15) is 77.0 Å². The van der Waals surface area contributed by atoms with Gasteiger partial charge in [0, 0.05) is 24.4 Å². The molecule has 4 unspecified atom stereocenters. The number of nitrogens with zero attached hydrogens (tertiary/aromatic N) is 1. The van der Waals surface area contributed by atoms with Crippen LogP contribution in [-0.4, -0.2) is 42.0 Å². The van der Waals surface area contributed by atoms with Crippen LogP contribution in [0.25, 0.3) is 0 Å². The molecule has 10 heteroatoms. The SMILES string of the molecule is O=C(NC1NN(CC2CCC(C(F)(F)F)CC2)C2C1CCCC2C(F)(F)F)C1CCCCC1. The van der Waals surface area contributed by atoms with E-state index in [9.17, 15) is 31.1 Å². The maximum Gasteiger partial charge on any atom is 0.393 e. The van der Waals surface area contributed by atoms with Crippen molar-refractivity contribution in [2.75, 3.05) is 6.54 Å². The van der Waals surface area contributed by atoms with Crippen LogP contribution < -0.4 is 10.7 Å². The highest BCUT2D eigenvalue weighted by Gasteiger charge is 2.56. The van der Waals surface area contributed by atoms with E-state index in [2.05, 4.69) is 10.7 Å². The van der Waals surface area contributed by atoms with E-state index in [1.807, 2.05) is 0 Å². The number of carbonyl (C=O) groups is 1. The predicted octanol–water partition coefficient (Wildman–Crippen LogP) is 5.55. The van der Waals surface area contributed by atoms with Crippen LogP contribution in [0.2, 0.25) is 0 Å². The third-order valence-corrected chi connectivity index (χ3v) is 8.46. The molecule has 1 heterocycles. The Hall–Kier alpha value is -1.03. The Morgan fingerprint density at radius 2 is 1.48 bits per heavy atom. The number of halogens is 6. The molecule has 1 saturated heterocycles. The van der Waals surface area contributed by atoms with Crippen LogP contribution >= 0.6 is 0 Å². The molecule has 0 spiro atoms. The van der Waals surface area contributed by atoms with Crippen LogP contribution in [-0.2, 0) is 4.79 Å². The van der Waals surface area contributed by atoms with Crippen molar-refractivity contribution in [2.45, 2.75) is 102 Å². The van der Waals surface area contributed by atoms with Crippen LogP contribution in [0, 0.1) is 29.6 Å². The number of hydrogen-bond donors (Lipinski definition) is 2. The Bertz CT molecular complexity index is 670. The molecule has 4 fully saturated rings. The van der Waals surface area contributed by atoms with Crippen LogP contribution in [0.4, 0.5) is 26.3 Å². The minimum Gasteiger partial charge on any atom is -0.339 e. The van der Waals surface area contributed by atoms with Gasteiger partial charge in [-0.15, -0.1) is 0 Å². The van der Waals surface area contributed by atoms with E-state index >= 15 is 0 Å². The third-order valence-electron chi connectivity index (χ3n) is 8.46. The fourth-order valence-electron chi connectivity index (χ4n) is 6.64. The van der Waals surface area contributed by atoms with Crippen molar-refractivity contribution in [2.24, 2.45) is 29.6 Å². The summed E-state index contributed by atoms with van der Waals surface area (Å²) >= 11 is 0. The lowest BCUT2D eigenvalue weighted by atomic mass is 9.75. The van der Waals surface area contributed by atoms with Gasteiger partial charge in [-0.2, -0.15) is 26.3 Å². The minimum atomic E-state index is -4.35. The molecule has 4 aliphatic rings. The molecule has 1 amide bonds. The van der Waals surface area contributed by atoms with E-state index in [4.69, 9.17) is 0 Å². The molecule has 190 valence electrons. The van der Waals surface area contributed by atoms with Crippen molar-refractivity contribution >= 4 is 5.91 Å². The molecule has 0 bridgehead atoms. The Morgan fingerprint density at radius 1 is 0.818 bits per heavy atom. The Balaban J connectivity index is 1.45. The molecule has 2 N–H and O–H groups in total. The number of rotatable bonds is 4. The molecule has 3 saturated carbocycles. The third kappa shape index (κ3) is 5.80. The summed E-state index contributed by atoms with van der Waals surface area (Å²) < 4.78 is 80.8. The van der Waals surface area contributed by atoms with Gasteiger partial charge in [0.05, 0.1) is 18.0 Å². The maximum absolute atomic E-state index is 13.9. The second kappa shape index (κ2) is 9.91. The average molecular weight is 484 g/mol. The molecule has 0 radical (unpaired) electrons. The number of hydrazine groups is 1. The molecule has 4 nitrogen and oxygen atoms in total. The van der Waals surface area contributed by atoms with Crippen LogP contribution in [0.3, 0.4) is 0 Å². The number of amides is 1. The summed E-state index contributed by atoms with van der Waals surface area (Å²) in [5, 5.41) is 4.64. The first-order valence-electron chi connectivity index (χ1n) is 12.5. The van der Waals surface area contributed by atoms with Crippen molar-refractivity contribution in [3.63, 3.8) is 0 Å². The molecule has 0 aromatic heterocycles. The van der Waals surface area contributed by atoms with Crippen LogP contribution in [0.15, 0.2) is 0 Å². The van der Waals surface area contributed by atoms with Crippen molar-refractivity contribution in [1.82, 2.24) is 15.8 Å². The number of nitrogens with one attached hydrogen (secondary N) is 2. The lowest BCUT2D eigenvalue weighted by Crippen LogP contribution is -2.51. The Labute approximate surface area is 191 Å². The molecular weight excluding hydrogens is 448 g/mol. The topological polar surface area (TPSA) is 44.4 Å². The number of carbonyl (C=O) groups excluding carboxylic acids is 1. The summed E-state index contributed by atoms with van der Waals surface area (Å²) in [4.78, 5) is 12.8. The standard InChI is InChI=1S/C23H35F6N3O/c24-22(25,26)16-11-9-14(10-12-16)13-32-19-17(7-4-8-18(19)23(27,28)29)20(31-32)30-21(33)15-5-2-1-3-6-15/h14-20,31H,1-13H2,(H,30,33). The average Bonchev–Trinajstić information content (AvgIpc) is 3.10. The van der Waals surface area contributed by atoms with Gasteiger partial charge in [-0.1, -0.05) is 25.7 Å². The normalized spacial score (nSPS) is 37.0. The Kier molecular flexibility index (Phi) is 7.53. The summed E-state index contributed by atoms with van der Waals surface area (Å²) in [7, 11) is 0. The lowest BCUT2D eigenvalue weighted by Gasteiger charge is -2.40. The number of hydrogen-bond acceptors (Lipinski definition) is 3. The second-order valence-electron chi connectivity index (χ2n) is 10.6. The van der Waals surface area contributed by atoms with Gasteiger partial charge in [0.25, 0.3) is 0 Å². The minimum absolute atomic E-state index is 0.0284. The zero-order valence-electron chi connectivity index (χ0n) is 18.9. The Morgan fingerprint density at radius 3 is 2.09 bits per heavy atom. The molecule has 4 atom stereocenters. The summed E-state index contributed by atoms with van der Waals surface area (Å²) in [5.41, 5.74) is 3.17. The van der Waals surface area contributed by atoms with E-state index in [0.717, 1.165) is 32.1 Å². The molecule has 4 rings (SSSR count). The highest BCUT2D eigenvalue weighted by Crippen LogP contribution is 2.47. The van der Waals surface area contributed by atoms with Gasteiger partial charge < -0.3 is 5.32 Å². The van der Waals surface area contributed by atoms with Crippen molar-refractivity contribution in [3.05, 3.63) is 0 Å². The van der Waals surface area contributed by atoms with Gasteiger partial charge in [0.15, 0.2) is 0 Å². The maximum atomic E-state index is 13.9. The van der Waals surface area contributed by atoms with Gasteiger partial charge in [0.1, 0.15) is 0 Å². The zero-order valence-corrected chi connectivity index (χ0v) is 18.9. The molecule has 0 aromatic rings. The summed E-state index contributed by atoms with van der Waals surface area (Å²) in [6.45, 7) is 0.286. The zero-order chi connectivity index (χ0) is 23.8. The number of alkyl halides is 6. The molecular formula is C23H35F6N3O. The van der Waals surface area contributed by atoms with E-state index in [1.165, 1.54) is 0 Å². The lowest BCUT2D eigenvalue weighted by molar-refractivity contribution is -0.203. The van der Waals surface area contributed by atoms with Gasteiger partial charge in [0.2, 0.25) is 5.91 Å². The molecule has 33 heavy (non-hydrogen) atoms. The van der Waals surface area contributed by atoms with Gasteiger partial charge in [-0.05, 0) is 57.3 Å². The molecule has 3 aliphatic carbocycles. The van der Waals surface area contributed by atoms with Crippen LogP contribution in [0.5, 0.6) is 0 Å². The summed E-state index contributed by atoms with van der Waals surface area (Å²) in [5.74, 6) is -3.43. The van der Waals surface area contributed by atoms with Gasteiger partial charge in [-0.25, -0.2) is 10.4 Å². The van der Waals surface area contributed by atoms with Crippen molar-refractivity contribution < 1.29 is 31.1 Å². The second-order valence-corrected chi connectivity index (χ2v) is 10.6. The van der Waals surface area contributed by atoms with Gasteiger partial charge >= 0.3 is 12.4 Å². The smallest absolute Gasteiger partial charge is 0.339 e. The first-order chi connectivity index (χ1) is 15.5. The summed E-state index contributed by atoms with van der Waals surface area (Å²) in [6.07, 6.45) is -2.54. The first-order valence-corrected chi connectivity index (χ1v) is 12.5. The molecule has 0 aromatic carbocycles. The van der Waals surface area contributed by atoms with Crippen molar-refractivity contribution in [3.8, 4) is 0 Å². The highest BCUT2D eigenvalue weighted by atomic mass is 19.4. The fraction of sp³-hybridized carbons (Fsp3) is 0.957. The van der Waals surface area contributed by atoms with E-state index in [0.29, 0.717) is 25.7 Å². The first kappa shape index (κ1) is 25.1. The van der Waals surface area contributed by atoms with Crippen molar-refractivity contribution in [1.29, 1.82) is 0 Å². The van der Waals surface area contributed by atoms with E-state index < -0.39 is 36.4 Å². The quantitative estimate of drug-likeness (QED) is 0.516. The van der Waals surface area contributed by atoms with E-state index in [-0.39, 0.29) is 49.5 Å². The highest BCUT2D eigenvalue weighted by molar-refractivity contribution is 5.79. The summed E-state index contributed by atoms with van der Waals surface area (Å²) in [6, 6.07) is -0.796. The van der Waals surface area contributed by atoms with Gasteiger partial charge in [-0.3, -0.25) is 4.79 Å². The number of fused-ring (bicyclic) bond motifs is 1. The largest absolute Gasteiger partial charge is 0.393 e. The predicted molar refractivity (Wildman–Crippen MR) is 111 cm³/mol. The molecule has 1 aliphatic heterocycles. The monoisotopic (exact) mass is 483 g/mol. The fourth-order valence-corrected chi connectivity index (χ4v) is 6.64. The van der Waals surface area contributed by atoms with E-state index in [1.54, 1.807) is 5.01 Å².